The van der Waals surface area contributed by atoms with E-state index in [1.54, 1.807) is 19.2 Å². The van der Waals surface area contributed by atoms with Crippen LogP contribution in [0.25, 0.3) is 0 Å². The topological polar surface area (TPSA) is 79.4 Å². The lowest BCUT2D eigenvalue weighted by molar-refractivity contribution is -0.138. The maximum absolute atomic E-state index is 13.8. The second-order valence-corrected chi connectivity index (χ2v) is 13.8. The third-order valence-corrected chi connectivity index (χ3v) is 11.5. The van der Waals surface area contributed by atoms with Crippen LogP contribution < -0.4 is 4.74 Å². The Morgan fingerprint density at radius 3 is 2.13 bits per heavy atom. The van der Waals surface area contributed by atoms with Crippen molar-refractivity contribution in [3.05, 3.63) is 23.3 Å². The first kappa shape index (κ1) is 30.3. The minimum absolute atomic E-state index is 0.0139. The minimum Gasteiger partial charge on any atom is -0.497 e. The highest BCUT2D eigenvalue weighted by atomic mass is 32.2. The second-order valence-electron chi connectivity index (χ2n) is 11.7. The summed E-state index contributed by atoms with van der Waals surface area (Å²) < 4.78 is 38.8. The van der Waals surface area contributed by atoms with Gasteiger partial charge in [-0.1, -0.05) is 19.3 Å². The van der Waals surface area contributed by atoms with Crippen molar-refractivity contribution in [1.29, 1.82) is 0 Å². The Kier molecular flexibility index (Phi) is 11.1. The van der Waals surface area contributed by atoms with Gasteiger partial charge in [0.05, 0.1) is 23.9 Å². The van der Waals surface area contributed by atoms with Crippen molar-refractivity contribution in [2.45, 2.75) is 75.4 Å². The van der Waals surface area contributed by atoms with Crippen molar-refractivity contribution in [3.63, 3.8) is 0 Å². The number of hydrogen-bond acceptors (Lipinski definition) is 7. The molecule has 3 fully saturated rings. The summed E-state index contributed by atoms with van der Waals surface area (Å²) in [6.07, 6.45) is 8.57. The van der Waals surface area contributed by atoms with Crippen LogP contribution in [0.3, 0.4) is 0 Å². The van der Waals surface area contributed by atoms with Gasteiger partial charge in [0.2, 0.25) is 5.91 Å². The van der Waals surface area contributed by atoms with Crippen LogP contribution >= 0.6 is 0 Å². The van der Waals surface area contributed by atoms with Crippen LogP contribution in [0.1, 0.15) is 62.5 Å². The highest BCUT2D eigenvalue weighted by molar-refractivity contribution is 7.92. The van der Waals surface area contributed by atoms with E-state index in [-0.39, 0.29) is 18.4 Å². The van der Waals surface area contributed by atoms with Crippen LogP contribution in [0, 0.1) is 19.8 Å². The summed E-state index contributed by atoms with van der Waals surface area (Å²) in [5, 5.41) is -0.486. The van der Waals surface area contributed by atoms with E-state index < -0.39 is 15.1 Å². The molecule has 3 aliphatic rings. The Labute approximate surface area is 235 Å². The maximum Gasteiger partial charge on any atom is 0.248 e. The smallest absolute Gasteiger partial charge is 0.248 e. The Bertz CT molecular complexity index is 1030. The number of hydrogen-bond donors (Lipinski definition) is 0. The summed E-state index contributed by atoms with van der Waals surface area (Å²) in [7, 11) is -1.94. The van der Waals surface area contributed by atoms with Gasteiger partial charge in [0, 0.05) is 26.2 Å². The van der Waals surface area contributed by atoms with Crippen molar-refractivity contribution < 1.29 is 22.7 Å². The molecule has 2 aliphatic heterocycles. The third-order valence-electron chi connectivity index (χ3n) is 8.87. The van der Waals surface area contributed by atoms with E-state index in [4.69, 9.17) is 9.47 Å². The molecule has 4 rings (SSSR count). The Hall–Kier alpha value is -1.68. The molecule has 220 valence electrons. The first-order chi connectivity index (χ1) is 18.8. The fourth-order valence-electron chi connectivity index (χ4n) is 6.71. The number of piperidine rings is 1. The molecule has 0 N–H and O–H groups in total. The van der Waals surface area contributed by atoms with Crippen LogP contribution in [0.5, 0.6) is 5.75 Å². The van der Waals surface area contributed by atoms with E-state index in [1.807, 2.05) is 18.7 Å². The molecular weight excluding hydrogens is 514 g/mol. The first-order valence-corrected chi connectivity index (χ1v) is 16.5. The molecule has 1 amide bonds. The molecule has 39 heavy (non-hydrogen) atoms. The molecule has 0 radical (unpaired) electrons. The number of ether oxygens (including phenoxy) is 2. The van der Waals surface area contributed by atoms with Crippen molar-refractivity contribution in [3.8, 4) is 5.75 Å². The largest absolute Gasteiger partial charge is 0.497 e. The zero-order valence-corrected chi connectivity index (χ0v) is 25.1. The lowest BCUT2D eigenvalue weighted by Gasteiger charge is -2.35. The minimum atomic E-state index is -3.53. The quantitative estimate of drug-likeness (QED) is 0.406. The van der Waals surface area contributed by atoms with E-state index in [1.165, 1.54) is 45.3 Å². The van der Waals surface area contributed by atoms with Gasteiger partial charge in [-0.15, -0.1) is 0 Å². The Morgan fingerprint density at radius 1 is 0.872 bits per heavy atom. The van der Waals surface area contributed by atoms with Gasteiger partial charge in [0.15, 0.2) is 9.84 Å². The van der Waals surface area contributed by atoms with E-state index in [0.29, 0.717) is 23.7 Å². The summed E-state index contributed by atoms with van der Waals surface area (Å²) in [4.78, 5) is 20.2. The van der Waals surface area contributed by atoms with E-state index in [2.05, 4.69) is 9.80 Å². The molecule has 1 saturated carbocycles. The van der Waals surface area contributed by atoms with Gasteiger partial charge in [-0.3, -0.25) is 9.69 Å². The molecular formula is C30H49N3O5S. The summed E-state index contributed by atoms with van der Waals surface area (Å²) >= 11 is 0. The Balaban J connectivity index is 1.23. The number of piperazine rings is 1. The molecule has 8 nitrogen and oxygen atoms in total. The zero-order valence-electron chi connectivity index (χ0n) is 24.3. The van der Waals surface area contributed by atoms with Crippen molar-refractivity contribution >= 4 is 15.7 Å². The lowest BCUT2D eigenvalue weighted by Crippen LogP contribution is -2.50. The maximum atomic E-state index is 13.8. The zero-order chi connectivity index (χ0) is 27.8. The van der Waals surface area contributed by atoms with Gasteiger partial charge in [0.1, 0.15) is 12.4 Å². The fourth-order valence-corrected chi connectivity index (χ4v) is 9.23. The van der Waals surface area contributed by atoms with Gasteiger partial charge in [-0.05, 0) is 101 Å². The molecule has 9 heteroatoms. The third kappa shape index (κ3) is 7.96. The van der Waals surface area contributed by atoms with Crippen molar-refractivity contribution in [2.75, 3.05) is 72.7 Å². The number of aryl methyl sites for hydroxylation is 2. The molecule has 1 aromatic rings. The summed E-state index contributed by atoms with van der Waals surface area (Å²) in [6.45, 7) is 12.1. The fraction of sp³-hybridized carbons (Fsp3) is 0.767. The monoisotopic (exact) mass is 563 g/mol. The standard InChI is InChI=1S/C30H49N3O5S/c1-24-20-27(37-3)21-25(2)30(24)39(35,36)28-11-6-5-10-26(28)22-38-23-29(34)33-18-16-32(17-19-33)15-9-14-31-12-7-4-8-13-31/h20-21,26,28H,4-19,22-23H2,1-3H3. The molecule has 0 bridgehead atoms. The van der Waals surface area contributed by atoms with Crippen molar-refractivity contribution in [2.24, 2.45) is 5.92 Å². The number of likely N-dealkylation sites (tertiary alicyclic amines) is 1. The van der Waals surface area contributed by atoms with Gasteiger partial charge in [-0.2, -0.15) is 0 Å². The number of sulfone groups is 1. The van der Waals surface area contributed by atoms with Crippen LogP contribution in [0.2, 0.25) is 0 Å². The number of amides is 1. The number of carbonyl (C=O) groups is 1. The number of methoxy groups -OCH3 is 1. The van der Waals surface area contributed by atoms with E-state index in [9.17, 15) is 13.2 Å². The number of nitrogens with zero attached hydrogens (tertiary/aromatic N) is 3. The second kappa shape index (κ2) is 14.3. The first-order valence-electron chi connectivity index (χ1n) is 15.0. The molecule has 2 atom stereocenters. The SMILES string of the molecule is COc1cc(C)c(S(=O)(=O)C2CCCCC2COCC(=O)N2CCN(CCCN3CCCCC3)CC2)c(C)c1. The predicted molar refractivity (Wildman–Crippen MR) is 154 cm³/mol. The van der Waals surface area contributed by atoms with Gasteiger partial charge in [-0.25, -0.2) is 8.42 Å². The summed E-state index contributed by atoms with van der Waals surface area (Å²) in [6, 6.07) is 3.59. The average Bonchev–Trinajstić information content (AvgIpc) is 2.93. The molecule has 1 aromatic carbocycles. The highest BCUT2D eigenvalue weighted by Crippen LogP contribution is 2.37. The van der Waals surface area contributed by atoms with Crippen LogP contribution in [0.15, 0.2) is 17.0 Å². The van der Waals surface area contributed by atoms with Crippen molar-refractivity contribution in [1.82, 2.24) is 14.7 Å². The molecule has 2 saturated heterocycles. The molecule has 2 unspecified atom stereocenters. The van der Waals surface area contributed by atoms with E-state index >= 15 is 0 Å². The number of benzene rings is 1. The highest BCUT2D eigenvalue weighted by Gasteiger charge is 2.38. The van der Waals surface area contributed by atoms with Gasteiger partial charge in [0.25, 0.3) is 0 Å². The molecule has 2 heterocycles. The predicted octanol–water partition coefficient (Wildman–Crippen LogP) is 3.68. The lowest BCUT2D eigenvalue weighted by atomic mass is 9.89. The van der Waals surface area contributed by atoms with Crippen LogP contribution in [-0.4, -0.2) is 107 Å². The molecule has 0 aromatic heterocycles. The molecule has 0 spiro atoms. The number of carbonyl (C=O) groups excluding carboxylic acids is 1. The number of rotatable bonds is 11. The molecule has 1 aliphatic carbocycles. The van der Waals surface area contributed by atoms with E-state index in [0.717, 1.165) is 63.1 Å². The summed E-state index contributed by atoms with van der Waals surface area (Å²) in [5.41, 5.74) is 1.44. The van der Waals surface area contributed by atoms with Crippen LogP contribution in [-0.2, 0) is 19.4 Å². The van der Waals surface area contributed by atoms with Gasteiger partial charge >= 0.3 is 0 Å². The average molecular weight is 564 g/mol. The van der Waals surface area contributed by atoms with Gasteiger partial charge < -0.3 is 19.3 Å². The summed E-state index contributed by atoms with van der Waals surface area (Å²) in [5.74, 6) is 0.582. The normalized spacial score (nSPS) is 23.6. The van der Waals surface area contributed by atoms with Crippen LogP contribution in [0.4, 0.5) is 0 Å². The Morgan fingerprint density at radius 2 is 1.49 bits per heavy atom.